The van der Waals surface area contributed by atoms with Gasteiger partial charge in [-0.3, -0.25) is 0 Å². The molecule has 0 bridgehead atoms. The molecule has 0 aromatic heterocycles. The van der Waals surface area contributed by atoms with E-state index in [0.717, 1.165) is 6.42 Å². The summed E-state index contributed by atoms with van der Waals surface area (Å²) in [6.07, 6.45) is 0.677. The third-order valence-corrected chi connectivity index (χ3v) is 1.97. The predicted octanol–water partition coefficient (Wildman–Crippen LogP) is 0.104. The Kier molecular flexibility index (Phi) is 1.10. The maximum absolute atomic E-state index is 9.12. The Labute approximate surface area is 49.7 Å². The zero-order chi connectivity index (χ0) is 6.36. The molecule has 0 aromatic carbocycles. The van der Waals surface area contributed by atoms with Crippen molar-refractivity contribution in [1.29, 1.82) is 0 Å². The van der Waals surface area contributed by atoms with Gasteiger partial charge in [0.05, 0.1) is 6.10 Å². The summed E-state index contributed by atoms with van der Waals surface area (Å²) in [6, 6.07) is 0.0324. The van der Waals surface area contributed by atoms with E-state index in [4.69, 9.17) is 10.8 Å². The van der Waals surface area contributed by atoms with E-state index >= 15 is 0 Å². The third kappa shape index (κ3) is 0.644. The van der Waals surface area contributed by atoms with Crippen molar-refractivity contribution in [2.24, 2.45) is 11.1 Å². The zero-order valence-corrected chi connectivity index (χ0v) is 5.39. The minimum Gasteiger partial charge on any atom is -0.391 e. The molecule has 48 valence electrons. The van der Waals surface area contributed by atoms with Crippen LogP contribution in [0.15, 0.2) is 0 Å². The van der Waals surface area contributed by atoms with Crippen molar-refractivity contribution in [3.05, 3.63) is 0 Å². The minimum absolute atomic E-state index is 0.0324. The maximum Gasteiger partial charge on any atom is 0.0742 e. The van der Waals surface area contributed by atoms with Gasteiger partial charge in [-0.15, -0.1) is 0 Å². The Morgan fingerprint density at radius 3 is 2.12 bits per heavy atom. The lowest BCUT2D eigenvalue weighted by atomic mass is 9.66. The highest BCUT2D eigenvalue weighted by molar-refractivity contribution is 4.98. The van der Waals surface area contributed by atoms with Gasteiger partial charge in [-0.1, -0.05) is 13.8 Å². The summed E-state index contributed by atoms with van der Waals surface area (Å²) >= 11 is 0. The van der Waals surface area contributed by atoms with E-state index in [1.165, 1.54) is 0 Å². The Balaban J connectivity index is 2.47. The number of hydrogen-bond donors (Lipinski definition) is 2. The molecule has 0 aromatic rings. The molecule has 1 aliphatic carbocycles. The predicted molar refractivity (Wildman–Crippen MR) is 32.4 cm³/mol. The van der Waals surface area contributed by atoms with Crippen molar-refractivity contribution in [2.75, 3.05) is 0 Å². The van der Waals surface area contributed by atoms with Gasteiger partial charge >= 0.3 is 0 Å². The molecule has 0 amide bonds. The average molecular weight is 115 g/mol. The molecule has 0 spiro atoms. The van der Waals surface area contributed by atoms with E-state index in [2.05, 4.69) is 0 Å². The monoisotopic (exact) mass is 115 g/mol. The Morgan fingerprint density at radius 1 is 1.62 bits per heavy atom. The molecule has 2 heteroatoms. The number of rotatable bonds is 0. The van der Waals surface area contributed by atoms with Crippen LogP contribution >= 0.6 is 0 Å². The molecule has 1 fully saturated rings. The molecule has 1 aliphatic rings. The SMILES string of the molecule is CC1(C)C[C@H](N)[C@@H]1O. The van der Waals surface area contributed by atoms with Crippen molar-refractivity contribution < 1.29 is 5.11 Å². The Morgan fingerprint density at radius 2 is 2.12 bits per heavy atom. The molecule has 0 unspecified atom stereocenters. The number of hydrogen-bond acceptors (Lipinski definition) is 2. The van der Waals surface area contributed by atoms with Gasteiger partial charge in [0.25, 0.3) is 0 Å². The summed E-state index contributed by atoms with van der Waals surface area (Å²) in [7, 11) is 0. The largest absolute Gasteiger partial charge is 0.391 e. The van der Waals surface area contributed by atoms with Crippen molar-refractivity contribution in [1.82, 2.24) is 0 Å². The summed E-state index contributed by atoms with van der Waals surface area (Å²) in [5, 5.41) is 9.12. The van der Waals surface area contributed by atoms with Crippen LogP contribution in [-0.4, -0.2) is 17.3 Å². The van der Waals surface area contributed by atoms with E-state index < -0.39 is 0 Å². The standard InChI is InChI=1S/C6H13NO/c1-6(2)3-4(7)5(6)8/h4-5,8H,3,7H2,1-2H3/t4-,5-/m0/s1. The number of aliphatic hydroxyl groups excluding tert-OH is 1. The molecule has 0 aliphatic heterocycles. The lowest BCUT2D eigenvalue weighted by Gasteiger charge is -2.46. The number of nitrogens with two attached hydrogens (primary N) is 1. The summed E-state index contributed by atoms with van der Waals surface area (Å²) < 4.78 is 0. The van der Waals surface area contributed by atoms with Crippen LogP contribution in [0.25, 0.3) is 0 Å². The fourth-order valence-electron chi connectivity index (χ4n) is 1.26. The van der Waals surface area contributed by atoms with Crippen LogP contribution in [-0.2, 0) is 0 Å². The quantitative estimate of drug-likeness (QED) is 0.470. The van der Waals surface area contributed by atoms with Crippen molar-refractivity contribution in [2.45, 2.75) is 32.4 Å². The zero-order valence-electron chi connectivity index (χ0n) is 5.39. The molecule has 0 radical (unpaired) electrons. The second kappa shape index (κ2) is 1.45. The molecular weight excluding hydrogens is 102 g/mol. The van der Waals surface area contributed by atoms with Gasteiger partial charge in [0.15, 0.2) is 0 Å². The molecule has 2 nitrogen and oxygen atoms in total. The summed E-state index contributed by atoms with van der Waals surface area (Å²) in [6.45, 7) is 4.06. The van der Waals surface area contributed by atoms with Crippen LogP contribution in [0.4, 0.5) is 0 Å². The van der Waals surface area contributed by atoms with Crippen LogP contribution in [0.3, 0.4) is 0 Å². The molecule has 2 atom stereocenters. The Hall–Kier alpha value is -0.0800. The van der Waals surface area contributed by atoms with Gasteiger partial charge in [0, 0.05) is 6.04 Å². The lowest BCUT2D eigenvalue weighted by molar-refractivity contribution is -0.0590. The molecule has 8 heavy (non-hydrogen) atoms. The molecular formula is C6H13NO. The van der Waals surface area contributed by atoms with E-state index in [9.17, 15) is 0 Å². The molecule has 1 rings (SSSR count). The van der Waals surface area contributed by atoms with Crippen LogP contribution in [0, 0.1) is 5.41 Å². The summed E-state index contributed by atoms with van der Waals surface area (Å²) in [5.41, 5.74) is 5.53. The van der Waals surface area contributed by atoms with E-state index in [0.29, 0.717) is 0 Å². The van der Waals surface area contributed by atoms with Gasteiger partial charge < -0.3 is 10.8 Å². The topological polar surface area (TPSA) is 46.2 Å². The smallest absolute Gasteiger partial charge is 0.0742 e. The van der Waals surface area contributed by atoms with Crippen molar-refractivity contribution in [3.63, 3.8) is 0 Å². The first-order valence-electron chi connectivity index (χ1n) is 2.98. The number of aliphatic hydroxyl groups is 1. The lowest BCUT2D eigenvalue weighted by Crippen LogP contribution is -2.57. The molecule has 1 saturated carbocycles. The first-order chi connectivity index (χ1) is 3.54. The van der Waals surface area contributed by atoms with E-state index in [-0.39, 0.29) is 17.6 Å². The van der Waals surface area contributed by atoms with Crippen molar-refractivity contribution in [3.8, 4) is 0 Å². The van der Waals surface area contributed by atoms with Gasteiger partial charge in [0.1, 0.15) is 0 Å². The Bertz CT molecular complexity index is 101. The molecule has 3 N–H and O–H groups in total. The van der Waals surface area contributed by atoms with Crippen LogP contribution in [0.2, 0.25) is 0 Å². The maximum atomic E-state index is 9.12. The highest BCUT2D eigenvalue weighted by atomic mass is 16.3. The fraction of sp³-hybridized carbons (Fsp3) is 1.00. The van der Waals surface area contributed by atoms with Crippen LogP contribution in [0.1, 0.15) is 20.3 Å². The van der Waals surface area contributed by atoms with Gasteiger partial charge in [-0.05, 0) is 11.8 Å². The molecule has 0 saturated heterocycles. The first kappa shape index (κ1) is 6.05. The van der Waals surface area contributed by atoms with Gasteiger partial charge in [0.2, 0.25) is 0 Å². The highest BCUT2D eigenvalue weighted by Crippen LogP contribution is 2.38. The van der Waals surface area contributed by atoms with Gasteiger partial charge in [-0.25, -0.2) is 0 Å². The van der Waals surface area contributed by atoms with Gasteiger partial charge in [-0.2, -0.15) is 0 Å². The third-order valence-electron chi connectivity index (χ3n) is 1.97. The minimum atomic E-state index is -0.275. The fourth-order valence-corrected chi connectivity index (χ4v) is 1.26. The second-order valence-electron chi connectivity index (χ2n) is 3.30. The normalized spacial score (nSPS) is 43.5. The van der Waals surface area contributed by atoms with E-state index in [1.807, 2.05) is 13.8 Å². The second-order valence-corrected chi connectivity index (χ2v) is 3.30. The molecule has 0 heterocycles. The first-order valence-corrected chi connectivity index (χ1v) is 2.98. The van der Waals surface area contributed by atoms with E-state index in [1.54, 1.807) is 0 Å². The summed E-state index contributed by atoms with van der Waals surface area (Å²) in [4.78, 5) is 0. The van der Waals surface area contributed by atoms with Crippen LogP contribution in [0.5, 0.6) is 0 Å². The van der Waals surface area contributed by atoms with Crippen molar-refractivity contribution >= 4 is 0 Å². The average Bonchev–Trinajstić information content (AvgIpc) is 1.65. The highest BCUT2D eigenvalue weighted by Gasteiger charge is 2.43. The summed E-state index contributed by atoms with van der Waals surface area (Å²) in [5.74, 6) is 0. The van der Waals surface area contributed by atoms with Crippen LogP contribution < -0.4 is 5.73 Å².